The molecule has 0 saturated carbocycles. The van der Waals surface area contributed by atoms with Gasteiger partial charge in [-0.3, -0.25) is 9.78 Å². The van der Waals surface area contributed by atoms with E-state index in [1.807, 2.05) is 31.2 Å². The number of fused-ring (bicyclic) bond motifs is 1. The smallest absolute Gasteiger partial charge is 0.257 e. The number of aromatic nitrogens is 1. The lowest BCUT2D eigenvalue weighted by atomic mass is 10.0. The van der Waals surface area contributed by atoms with Crippen LogP contribution in [0.1, 0.15) is 22.3 Å². The summed E-state index contributed by atoms with van der Waals surface area (Å²) in [6, 6.07) is 12.5. The summed E-state index contributed by atoms with van der Waals surface area (Å²) in [5.74, 6) is 0.364. The molecular formula is C22H22N2O4. The standard InChI is InChI=1S/C22H22N2O4/c1-14-5-6-18(25)17(11-14)22(27)24-10-8-21(19(26)13-24)28-20-4-2-3-15-12-23-9-7-16(15)20/h2-7,9,11-12,19,21,25-26H,8,10,13H2,1H3/t19-,21-/m1/s1. The van der Waals surface area contributed by atoms with Gasteiger partial charge in [-0.1, -0.05) is 23.8 Å². The number of aromatic hydroxyl groups is 1. The van der Waals surface area contributed by atoms with Crippen LogP contribution in [0.4, 0.5) is 0 Å². The highest BCUT2D eigenvalue weighted by Gasteiger charge is 2.33. The van der Waals surface area contributed by atoms with Gasteiger partial charge in [-0.05, 0) is 31.2 Å². The second-order valence-electron chi connectivity index (χ2n) is 7.14. The summed E-state index contributed by atoms with van der Waals surface area (Å²) < 4.78 is 6.09. The van der Waals surface area contributed by atoms with Gasteiger partial charge in [0.05, 0.1) is 12.1 Å². The van der Waals surface area contributed by atoms with Gasteiger partial charge in [-0.2, -0.15) is 0 Å². The number of hydrogen-bond acceptors (Lipinski definition) is 5. The number of pyridine rings is 1. The molecule has 6 nitrogen and oxygen atoms in total. The van der Waals surface area contributed by atoms with E-state index in [-0.39, 0.29) is 23.8 Å². The number of phenolic OH excluding ortho intramolecular Hbond substituents is 1. The van der Waals surface area contributed by atoms with E-state index in [0.29, 0.717) is 18.7 Å². The summed E-state index contributed by atoms with van der Waals surface area (Å²) in [5.41, 5.74) is 1.15. The van der Waals surface area contributed by atoms with Gasteiger partial charge in [-0.25, -0.2) is 0 Å². The fourth-order valence-electron chi connectivity index (χ4n) is 3.58. The topological polar surface area (TPSA) is 82.9 Å². The maximum atomic E-state index is 12.8. The molecule has 0 aliphatic carbocycles. The predicted molar refractivity (Wildman–Crippen MR) is 106 cm³/mol. The third kappa shape index (κ3) is 3.51. The Balaban J connectivity index is 1.48. The molecule has 1 aliphatic rings. The zero-order valence-corrected chi connectivity index (χ0v) is 15.6. The van der Waals surface area contributed by atoms with Crippen LogP contribution in [-0.4, -0.2) is 51.3 Å². The summed E-state index contributed by atoms with van der Waals surface area (Å²) in [4.78, 5) is 18.4. The average molecular weight is 378 g/mol. The Morgan fingerprint density at radius 3 is 2.93 bits per heavy atom. The zero-order valence-electron chi connectivity index (χ0n) is 15.6. The first-order chi connectivity index (χ1) is 13.5. The lowest BCUT2D eigenvalue weighted by Gasteiger charge is -2.36. The highest BCUT2D eigenvalue weighted by atomic mass is 16.5. The number of piperidine rings is 1. The molecule has 4 rings (SSSR count). The zero-order chi connectivity index (χ0) is 19.7. The van der Waals surface area contributed by atoms with Crippen molar-refractivity contribution in [2.24, 2.45) is 0 Å². The Kier molecular flexibility index (Phi) is 4.88. The molecule has 144 valence electrons. The fourth-order valence-corrected chi connectivity index (χ4v) is 3.58. The maximum absolute atomic E-state index is 12.8. The van der Waals surface area contributed by atoms with Crippen LogP contribution in [-0.2, 0) is 0 Å². The highest BCUT2D eigenvalue weighted by Crippen LogP contribution is 2.28. The van der Waals surface area contributed by atoms with Gasteiger partial charge in [0.1, 0.15) is 23.7 Å². The van der Waals surface area contributed by atoms with Crippen LogP contribution in [0.3, 0.4) is 0 Å². The van der Waals surface area contributed by atoms with Crippen molar-refractivity contribution >= 4 is 16.7 Å². The maximum Gasteiger partial charge on any atom is 0.257 e. The van der Waals surface area contributed by atoms with E-state index in [4.69, 9.17) is 4.74 Å². The van der Waals surface area contributed by atoms with E-state index in [1.165, 1.54) is 6.07 Å². The van der Waals surface area contributed by atoms with Crippen LogP contribution in [0.2, 0.25) is 0 Å². The first-order valence-electron chi connectivity index (χ1n) is 9.29. The van der Waals surface area contributed by atoms with Gasteiger partial charge in [-0.15, -0.1) is 0 Å². The fraction of sp³-hybridized carbons (Fsp3) is 0.273. The van der Waals surface area contributed by atoms with Crippen molar-refractivity contribution in [2.45, 2.75) is 25.6 Å². The van der Waals surface area contributed by atoms with Gasteiger partial charge in [0.2, 0.25) is 0 Å². The van der Waals surface area contributed by atoms with Gasteiger partial charge >= 0.3 is 0 Å². The molecule has 1 amide bonds. The molecule has 1 aromatic heterocycles. The Bertz CT molecular complexity index is 1020. The third-order valence-electron chi connectivity index (χ3n) is 5.11. The number of ether oxygens (including phenoxy) is 1. The number of carbonyl (C=O) groups excluding carboxylic acids is 1. The van der Waals surface area contributed by atoms with Crippen molar-refractivity contribution in [3.8, 4) is 11.5 Å². The molecule has 0 unspecified atom stereocenters. The summed E-state index contributed by atoms with van der Waals surface area (Å²) >= 11 is 0. The number of rotatable bonds is 3. The van der Waals surface area contributed by atoms with E-state index < -0.39 is 12.2 Å². The Morgan fingerprint density at radius 1 is 1.25 bits per heavy atom. The van der Waals surface area contributed by atoms with Crippen molar-refractivity contribution in [3.63, 3.8) is 0 Å². The van der Waals surface area contributed by atoms with Gasteiger partial charge in [0.15, 0.2) is 0 Å². The molecule has 28 heavy (non-hydrogen) atoms. The SMILES string of the molecule is Cc1ccc(O)c(C(=O)N2CC[C@@H](Oc3cccc4cnccc34)[C@H](O)C2)c1. The first kappa shape index (κ1) is 18.3. The molecule has 0 spiro atoms. The van der Waals surface area contributed by atoms with E-state index >= 15 is 0 Å². The largest absolute Gasteiger partial charge is 0.507 e. The molecule has 1 fully saturated rings. The van der Waals surface area contributed by atoms with Crippen LogP contribution in [0.15, 0.2) is 54.9 Å². The van der Waals surface area contributed by atoms with Gasteiger partial charge in [0.25, 0.3) is 5.91 Å². The summed E-state index contributed by atoms with van der Waals surface area (Å²) in [6.07, 6.45) is 2.76. The summed E-state index contributed by atoms with van der Waals surface area (Å²) in [7, 11) is 0. The van der Waals surface area contributed by atoms with Gasteiger partial charge in [0, 0.05) is 36.1 Å². The van der Waals surface area contributed by atoms with Crippen LogP contribution >= 0.6 is 0 Å². The Morgan fingerprint density at radius 2 is 2.11 bits per heavy atom. The van der Waals surface area contributed by atoms with Crippen LogP contribution < -0.4 is 4.74 Å². The van der Waals surface area contributed by atoms with E-state index in [1.54, 1.807) is 29.4 Å². The molecule has 0 radical (unpaired) electrons. The molecule has 0 bridgehead atoms. The molecule has 6 heteroatoms. The Hall–Kier alpha value is -3.12. The van der Waals surface area contributed by atoms with Crippen molar-refractivity contribution in [1.29, 1.82) is 0 Å². The van der Waals surface area contributed by atoms with Crippen LogP contribution in [0, 0.1) is 6.92 Å². The molecule has 2 aromatic carbocycles. The molecule has 1 aliphatic heterocycles. The normalized spacial score (nSPS) is 19.6. The molecule has 2 atom stereocenters. The monoisotopic (exact) mass is 378 g/mol. The average Bonchev–Trinajstić information content (AvgIpc) is 2.71. The first-order valence-corrected chi connectivity index (χ1v) is 9.29. The second-order valence-corrected chi connectivity index (χ2v) is 7.14. The Labute approximate surface area is 163 Å². The molecular weight excluding hydrogens is 356 g/mol. The second kappa shape index (κ2) is 7.48. The number of hydrogen-bond donors (Lipinski definition) is 2. The third-order valence-corrected chi connectivity index (χ3v) is 5.11. The van der Waals surface area contributed by atoms with Gasteiger partial charge < -0.3 is 19.8 Å². The number of benzene rings is 2. The number of aliphatic hydroxyl groups is 1. The summed E-state index contributed by atoms with van der Waals surface area (Å²) in [6.45, 7) is 2.47. The minimum atomic E-state index is -0.818. The number of phenols is 1. The minimum Gasteiger partial charge on any atom is -0.507 e. The molecule has 1 saturated heterocycles. The van der Waals surface area contributed by atoms with Crippen molar-refractivity contribution < 1.29 is 19.7 Å². The quantitative estimate of drug-likeness (QED) is 0.732. The number of likely N-dealkylation sites (tertiary alicyclic amines) is 1. The predicted octanol–water partition coefficient (Wildman–Crippen LogP) is 2.90. The van der Waals surface area contributed by atoms with Crippen molar-refractivity contribution in [1.82, 2.24) is 9.88 Å². The number of aliphatic hydroxyl groups excluding tert-OH is 1. The number of aryl methyl sites for hydroxylation is 1. The van der Waals surface area contributed by atoms with Crippen molar-refractivity contribution in [3.05, 3.63) is 66.0 Å². The molecule has 2 N–H and O–H groups in total. The van der Waals surface area contributed by atoms with E-state index in [2.05, 4.69) is 4.98 Å². The lowest BCUT2D eigenvalue weighted by Crippen LogP contribution is -2.51. The van der Waals surface area contributed by atoms with Crippen molar-refractivity contribution in [2.75, 3.05) is 13.1 Å². The number of amides is 1. The number of carbonyl (C=O) groups is 1. The van der Waals surface area contributed by atoms with E-state index in [9.17, 15) is 15.0 Å². The van der Waals surface area contributed by atoms with Crippen LogP contribution in [0.25, 0.3) is 10.8 Å². The molecule has 2 heterocycles. The number of nitrogens with zero attached hydrogens (tertiary/aromatic N) is 2. The van der Waals surface area contributed by atoms with E-state index in [0.717, 1.165) is 16.3 Å². The van der Waals surface area contributed by atoms with Crippen LogP contribution in [0.5, 0.6) is 11.5 Å². The highest BCUT2D eigenvalue weighted by molar-refractivity contribution is 5.97. The minimum absolute atomic E-state index is 0.0483. The number of β-amino-alcohol motifs (C(OH)–C–C–N with tert-alkyl or cyclic N) is 1. The summed E-state index contributed by atoms with van der Waals surface area (Å²) in [5, 5.41) is 22.5. The molecule has 3 aromatic rings. The lowest BCUT2D eigenvalue weighted by molar-refractivity contribution is -0.0193.